The minimum Gasteiger partial charge on any atom is -0.481 e. The first-order chi connectivity index (χ1) is 12.9. The van der Waals surface area contributed by atoms with E-state index >= 15 is 0 Å². The summed E-state index contributed by atoms with van der Waals surface area (Å²) < 4.78 is 5.85. The molecule has 0 radical (unpaired) electrons. The third-order valence-electron chi connectivity index (χ3n) is 4.96. The fraction of sp³-hybridized carbons (Fsp3) is 0.450. The molecule has 0 aliphatic carbocycles. The van der Waals surface area contributed by atoms with Gasteiger partial charge in [-0.2, -0.15) is 0 Å². The fourth-order valence-corrected chi connectivity index (χ4v) is 2.95. The summed E-state index contributed by atoms with van der Waals surface area (Å²) in [6.45, 7) is 9.55. The van der Waals surface area contributed by atoms with Gasteiger partial charge in [0.15, 0.2) is 6.10 Å². The molecule has 1 aromatic carbocycles. The average Bonchev–Trinajstić information content (AvgIpc) is 2.66. The highest BCUT2D eigenvalue weighted by Crippen LogP contribution is 2.22. The monoisotopic (exact) mass is 369 g/mol. The number of likely N-dealkylation sites (N-methyl/N-ethyl adjacent to an activating group) is 1. The van der Waals surface area contributed by atoms with E-state index in [1.807, 2.05) is 38.1 Å². The number of hydrogen-bond acceptors (Lipinski definition) is 6. The topological polar surface area (TPSA) is 70.6 Å². The minimum absolute atomic E-state index is 0.237. The Balaban J connectivity index is 1.63. The second kappa shape index (κ2) is 8.35. The van der Waals surface area contributed by atoms with Crippen molar-refractivity contribution in [1.29, 1.82) is 0 Å². The van der Waals surface area contributed by atoms with Crippen molar-refractivity contribution < 1.29 is 9.53 Å². The summed E-state index contributed by atoms with van der Waals surface area (Å²) in [4.78, 5) is 25.5. The highest BCUT2D eigenvalue weighted by atomic mass is 16.5. The molecule has 1 amide bonds. The summed E-state index contributed by atoms with van der Waals surface area (Å²) in [5, 5.41) is 2.83. The first-order valence-corrected chi connectivity index (χ1v) is 9.23. The highest BCUT2D eigenvalue weighted by molar-refractivity contribution is 5.93. The smallest absolute Gasteiger partial charge is 0.266 e. The number of aromatic nitrogens is 2. The van der Waals surface area contributed by atoms with Gasteiger partial charge < -0.3 is 19.9 Å². The van der Waals surface area contributed by atoms with Gasteiger partial charge in [0.25, 0.3) is 5.91 Å². The SMILES string of the molecule is Cc1cccc(O[C@H](C)C(=O)Nc2cc(N3CCN(C)CC3)ncn2)c1C. The van der Waals surface area contributed by atoms with E-state index < -0.39 is 6.10 Å². The van der Waals surface area contributed by atoms with Crippen LogP contribution < -0.4 is 15.0 Å². The molecule has 1 aliphatic rings. The molecule has 1 aromatic heterocycles. The van der Waals surface area contributed by atoms with Gasteiger partial charge in [-0.3, -0.25) is 4.79 Å². The number of amides is 1. The molecule has 1 N–H and O–H groups in total. The molecule has 2 heterocycles. The zero-order valence-electron chi connectivity index (χ0n) is 16.4. The first kappa shape index (κ1) is 19.1. The molecule has 1 fully saturated rings. The maximum atomic E-state index is 12.5. The summed E-state index contributed by atoms with van der Waals surface area (Å²) in [7, 11) is 2.11. The van der Waals surface area contributed by atoms with Crippen LogP contribution in [0.3, 0.4) is 0 Å². The standard InChI is InChI=1S/C20H27N5O2/c1-14-6-5-7-17(15(14)2)27-16(3)20(26)23-18-12-19(22-13-21-18)25-10-8-24(4)9-11-25/h5-7,12-13,16H,8-11H2,1-4H3,(H,21,22,23,26)/t16-/m1/s1. The Morgan fingerprint density at radius 1 is 1.19 bits per heavy atom. The number of aryl methyl sites for hydroxylation is 1. The second-order valence-corrected chi connectivity index (χ2v) is 7.00. The number of nitrogens with zero attached hydrogens (tertiary/aromatic N) is 4. The zero-order valence-corrected chi connectivity index (χ0v) is 16.4. The molecule has 1 aliphatic heterocycles. The van der Waals surface area contributed by atoms with Crippen LogP contribution in [-0.4, -0.2) is 60.1 Å². The van der Waals surface area contributed by atoms with Crippen molar-refractivity contribution in [2.75, 3.05) is 43.4 Å². The van der Waals surface area contributed by atoms with Crippen LogP contribution in [0.2, 0.25) is 0 Å². The lowest BCUT2D eigenvalue weighted by atomic mass is 10.1. The molecule has 3 rings (SSSR count). The second-order valence-electron chi connectivity index (χ2n) is 7.00. The van der Waals surface area contributed by atoms with Crippen molar-refractivity contribution >= 4 is 17.5 Å². The van der Waals surface area contributed by atoms with Crippen LogP contribution in [0.1, 0.15) is 18.1 Å². The Morgan fingerprint density at radius 3 is 2.67 bits per heavy atom. The van der Waals surface area contributed by atoms with Gasteiger partial charge in [-0.25, -0.2) is 9.97 Å². The van der Waals surface area contributed by atoms with Gasteiger partial charge >= 0.3 is 0 Å². The molecular weight excluding hydrogens is 342 g/mol. The van der Waals surface area contributed by atoms with Crippen molar-refractivity contribution in [1.82, 2.24) is 14.9 Å². The summed E-state index contributed by atoms with van der Waals surface area (Å²) in [5.41, 5.74) is 2.17. The van der Waals surface area contributed by atoms with Crippen molar-refractivity contribution in [3.8, 4) is 5.75 Å². The number of benzene rings is 1. The van der Waals surface area contributed by atoms with Crippen LogP contribution in [0.25, 0.3) is 0 Å². The molecule has 0 unspecified atom stereocenters. The first-order valence-electron chi connectivity index (χ1n) is 9.23. The van der Waals surface area contributed by atoms with Gasteiger partial charge in [-0.05, 0) is 45.0 Å². The summed E-state index contributed by atoms with van der Waals surface area (Å²) in [6, 6.07) is 7.64. The van der Waals surface area contributed by atoms with Crippen molar-refractivity contribution in [3.63, 3.8) is 0 Å². The maximum absolute atomic E-state index is 12.5. The normalized spacial score (nSPS) is 16.1. The molecule has 7 heteroatoms. The Bertz CT molecular complexity index is 803. The van der Waals surface area contributed by atoms with E-state index in [2.05, 4.69) is 32.1 Å². The largest absolute Gasteiger partial charge is 0.481 e. The molecule has 1 saturated heterocycles. The number of nitrogens with one attached hydrogen (secondary N) is 1. The Hall–Kier alpha value is -2.67. The van der Waals surface area contributed by atoms with E-state index in [1.54, 1.807) is 6.92 Å². The van der Waals surface area contributed by atoms with E-state index in [9.17, 15) is 4.79 Å². The predicted molar refractivity (Wildman–Crippen MR) is 106 cm³/mol. The van der Waals surface area contributed by atoms with Gasteiger partial charge in [0, 0.05) is 32.2 Å². The fourth-order valence-electron chi connectivity index (χ4n) is 2.95. The Morgan fingerprint density at radius 2 is 1.93 bits per heavy atom. The predicted octanol–water partition coefficient (Wildman–Crippen LogP) is 2.25. The summed E-state index contributed by atoms with van der Waals surface area (Å²) in [5.74, 6) is 1.80. The molecular formula is C20H27N5O2. The number of hydrogen-bond donors (Lipinski definition) is 1. The molecule has 0 saturated carbocycles. The van der Waals surface area contributed by atoms with Crippen LogP contribution in [-0.2, 0) is 4.79 Å². The van der Waals surface area contributed by atoms with Gasteiger partial charge in [0.2, 0.25) is 0 Å². The van der Waals surface area contributed by atoms with Crippen molar-refractivity contribution in [3.05, 3.63) is 41.7 Å². The molecule has 1 atom stereocenters. The molecule has 0 spiro atoms. The van der Waals surface area contributed by atoms with E-state index in [1.165, 1.54) is 6.33 Å². The molecule has 0 bridgehead atoms. The van der Waals surface area contributed by atoms with Crippen molar-refractivity contribution in [2.24, 2.45) is 0 Å². The quantitative estimate of drug-likeness (QED) is 0.872. The van der Waals surface area contributed by atoms with Gasteiger partial charge in [-0.1, -0.05) is 12.1 Å². The lowest BCUT2D eigenvalue weighted by molar-refractivity contribution is -0.122. The number of anilines is 2. The van der Waals surface area contributed by atoms with E-state index in [0.29, 0.717) is 5.82 Å². The van der Waals surface area contributed by atoms with Crippen LogP contribution in [0.5, 0.6) is 5.75 Å². The van der Waals surface area contributed by atoms with Crippen LogP contribution in [0.15, 0.2) is 30.6 Å². The number of carbonyl (C=O) groups excluding carboxylic acids is 1. The van der Waals surface area contributed by atoms with E-state index in [0.717, 1.165) is 48.9 Å². The third-order valence-corrected chi connectivity index (χ3v) is 4.96. The lowest BCUT2D eigenvalue weighted by Gasteiger charge is -2.33. The van der Waals surface area contributed by atoms with Gasteiger partial charge in [-0.15, -0.1) is 0 Å². The highest BCUT2D eigenvalue weighted by Gasteiger charge is 2.19. The molecule has 7 nitrogen and oxygen atoms in total. The Labute approximate surface area is 160 Å². The molecule has 144 valence electrons. The van der Waals surface area contributed by atoms with Crippen molar-refractivity contribution in [2.45, 2.75) is 26.9 Å². The third kappa shape index (κ3) is 4.74. The number of carbonyl (C=O) groups is 1. The molecule has 27 heavy (non-hydrogen) atoms. The van der Waals surface area contributed by atoms with E-state index in [4.69, 9.17) is 4.74 Å². The zero-order chi connectivity index (χ0) is 19.4. The van der Waals surface area contributed by atoms with Crippen LogP contribution in [0.4, 0.5) is 11.6 Å². The number of ether oxygens (including phenoxy) is 1. The summed E-state index contributed by atoms with van der Waals surface area (Å²) in [6.07, 6.45) is 0.854. The van der Waals surface area contributed by atoms with Crippen LogP contribution >= 0.6 is 0 Å². The van der Waals surface area contributed by atoms with Gasteiger partial charge in [0.1, 0.15) is 23.7 Å². The Kier molecular flexibility index (Phi) is 5.91. The lowest BCUT2D eigenvalue weighted by Crippen LogP contribution is -2.44. The number of rotatable bonds is 5. The van der Waals surface area contributed by atoms with E-state index in [-0.39, 0.29) is 5.91 Å². The van der Waals surface area contributed by atoms with Crippen LogP contribution in [0, 0.1) is 13.8 Å². The minimum atomic E-state index is -0.632. The molecule has 2 aromatic rings. The summed E-state index contributed by atoms with van der Waals surface area (Å²) >= 11 is 0. The average molecular weight is 369 g/mol. The van der Waals surface area contributed by atoms with Gasteiger partial charge in [0.05, 0.1) is 0 Å². The maximum Gasteiger partial charge on any atom is 0.266 e. The number of piperazine rings is 1.